The fourth-order valence-electron chi connectivity index (χ4n) is 1.25. The highest BCUT2D eigenvalue weighted by molar-refractivity contribution is 6.01. The summed E-state index contributed by atoms with van der Waals surface area (Å²) in [7, 11) is 0. The number of ether oxygens (including phenoxy) is 1. The van der Waals surface area contributed by atoms with Crippen LogP contribution >= 0.6 is 0 Å². The summed E-state index contributed by atoms with van der Waals surface area (Å²) in [5, 5.41) is 10.9. The Balaban J connectivity index is 2.89. The number of carbonyl (C=O) groups excluding carboxylic acids is 2. The van der Waals surface area contributed by atoms with Crippen molar-refractivity contribution in [3.8, 4) is 6.07 Å². The predicted octanol–water partition coefficient (Wildman–Crippen LogP) is 1.72. The zero-order valence-electron chi connectivity index (χ0n) is 9.40. The molecule has 0 fully saturated rings. The number of hydrogen-bond donors (Lipinski definition) is 1. The third-order valence-corrected chi connectivity index (χ3v) is 1.94. The van der Waals surface area contributed by atoms with E-state index in [9.17, 15) is 9.59 Å². The lowest BCUT2D eigenvalue weighted by molar-refractivity contribution is -0.115. The first-order valence-electron chi connectivity index (χ1n) is 5.12. The molecule has 0 heterocycles. The van der Waals surface area contributed by atoms with Crippen molar-refractivity contribution in [2.75, 3.05) is 11.9 Å². The summed E-state index contributed by atoms with van der Waals surface area (Å²) in [6.07, 6.45) is -0.253. The Morgan fingerprint density at radius 3 is 2.76 bits per heavy atom. The van der Waals surface area contributed by atoms with Crippen LogP contribution < -0.4 is 5.32 Å². The van der Waals surface area contributed by atoms with Crippen molar-refractivity contribution in [1.29, 1.82) is 5.26 Å². The van der Waals surface area contributed by atoms with E-state index in [0.717, 1.165) is 0 Å². The van der Waals surface area contributed by atoms with Gasteiger partial charge in [-0.05, 0) is 19.1 Å². The SMILES string of the molecule is CCOC(=O)c1ccccc1NC(=O)CC#N. The largest absolute Gasteiger partial charge is 0.462 e. The van der Waals surface area contributed by atoms with Crippen LogP contribution in [0.3, 0.4) is 0 Å². The molecule has 1 aromatic carbocycles. The maximum atomic E-state index is 11.6. The third kappa shape index (κ3) is 3.61. The van der Waals surface area contributed by atoms with Crippen molar-refractivity contribution in [2.24, 2.45) is 0 Å². The molecule has 0 aromatic heterocycles. The molecule has 5 heteroatoms. The second-order valence-corrected chi connectivity index (χ2v) is 3.15. The van der Waals surface area contributed by atoms with Crippen molar-refractivity contribution in [3.63, 3.8) is 0 Å². The van der Waals surface area contributed by atoms with E-state index in [0.29, 0.717) is 5.69 Å². The first kappa shape index (κ1) is 12.7. The van der Waals surface area contributed by atoms with Crippen LogP contribution in [-0.4, -0.2) is 18.5 Å². The molecule has 0 bridgehead atoms. The molecule has 1 N–H and O–H groups in total. The summed E-state index contributed by atoms with van der Waals surface area (Å²) in [5.41, 5.74) is 0.631. The monoisotopic (exact) mass is 232 g/mol. The van der Waals surface area contributed by atoms with Gasteiger partial charge in [0.05, 0.1) is 23.9 Å². The molecule has 5 nitrogen and oxygen atoms in total. The Kier molecular flexibility index (Phi) is 4.70. The molecule has 17 heavy (non-hydrogen) atoms. The van der Waals surface area contributed by atoms with Gasteiger partial charge in [0, 0.05) is 0 Å². The molecule has 1 amide bonds. The molecular formula is C12H12N2O3. The molecular weight excluding hydrogens is 220 g/mol. The lowest BCUT2D eigenvalue weighted by Crippen LogP contribution is -2.14. The smallest absolute Gasteiger partial charge is 0.340 e. The van der Waals surface area contributed by atoms with Crippen LogP contribution in [0.25, 0.3) is 0 Å². The highest BCUT2D eigenvalue weighted by Crippen LogP contribution is 2.16. The van der Waals surface area contributed by atoms with Crippen LogP contribution in [-0.2, 0) is 9.53 Å². The van der Waals surface area contributed by atoms with Gasteiger partial charge in [-0.3, -0.25) is 4.79 Å². The number of rotatable bonds is 4. The quantitative estimate of drug-likeness (QED) is 0.801. The minimum atomic E-state index is -0.500. The Morgan fingerprint density at radius 2 is 2.12 bits per heavy atom. The van der Waals surface area contributed by atoms with E-state index in [2.05, 4.69) is 5.32 Å². The summed E-state index contributed by atoms with van der Waals surface area (Å²) in [6.45, 7) is 1.97. The average Bonchev–Trinajstić information content (AvgIpc) is 2.30. The Labute approximate surface area is 99.0 Å². The van der Waals surface area contributed by atoms with Gasteiger partial charge in [-0.2, -0.15) is 5.26 Å². The van der Waals surface area contributed by atoms with Gasteiger partial charge in [0.1, 0.15) is 6.42 Å². The number of nitriles is 1. The van der Waals surface area contributed by atoms with E-state index in [1.807, 2.05) is 0 Å². The van der Waals surface area contributed by atoms with Crippen LogP contribution in [0, 0.1) is 11.3 Å². The Hall–Kier alpha value is -2.35. The van der Waals surface area contributed by atoms with Gasteiger partial charge in [-0.25, -0.2) is 4.79 Å². The van der Waals surface area contributed by atoms with E-state index >= 15 is 0 Å². The number of benzene rings is 1. The van der Waals surface area contributed by atoms with E-state index in [1.54, 1.807) is 37.3 Å². The van der Waals surface area contributed by atoms with E-state index in [1.165, 1.54) is 0 Å². The standard InChI is InChI=1S/C12H12N2O3/c1-2-17-12(16)9-5-3-4-6-10(9)14-11(15)7-8-13/h3-6H,2,7H2,1H3,(H,14,15). The van der Waals surface area contributed by atoms with Crippen molar-refractivity contribution in [3.05, 3.63) is 29.8 Å². The third-order valence-electron chi connectivity index (χ3n) is 1.94. The average molecular weight is 232 g/mol. The molecule has 0 saturated heterocycles. The second kappa shape index (κ2) is 6.28. The van der Waals surface area contributed by atoms with Gasteiger partial charge in [-0.15, -0.1) is 0 Å². The number of hydrogen-bond acceptors (Lipinski definition) is 4. The molecule has 0 aliphatic heterocycles. The van der Waals surface area contributed by atoms with Crippen LogP contribution in [0.1, 0.15) is 23.7 Å². The van der Waals surface area contributed by atoms with Crippen molar-refractivity contribution in [1.82, 2.24) is 0 Å². The summed E-state index contributed by atoms with van der Waals surface area (Å²) in [4.78, 5) is 22.8. The van der Waals surface area contributed by atoms with Gasteiger partial charge in [0.2, 0.25) is 5.91 Å². The molecule has 0 saturated carbocycles. The molecule has 88 valence electrons. The zero-order chi connectivity index (χ0) is 12.7. The molecule has 1 aromatic rings. The fourth-order valence-corrected chi connectivity index (χ4v) is 1.25. The molecule has 0 atom stereocenters. The van der Waals surface area contributed by atoms with Crippen molar-refractivity contribution < 1.29 is 14.3 Å². The van der Waals surface area contributed by atoms with E-state index in [-0.39, 0.29) is 18.6 Å². The van der Waals surface area contributed by atoms with Gasteiger partial charge in [0.25, 0.3) is 0 Å². The minimum Gasteiger partial charge on any atom is -0.462 e. The lowest BCUT2D eigenvalue weighted by Gasteiger charge is -2.08. The van der Waals surface area contributed by atoms with Crippen LogP contribution in [0.15, 0.2) is 24.3 Å². The maximum absolute atomic E-state index is 11.6. The highest BCUT2D eigenvalue weighted by atomic mass is 16.5. The summed E-state index contributed by atoms with van der Waals surface area (Å²) >= 11 is 0. The lowest BCUT2D eigenvalue weighted by atomic mass is 10.1. The number of para-hydroxylation sites is 1. The predicted molar refractivity (Wildman–Crippen MR) is 61.3 cm³/mol. The van der Waals surface area contributed by atoms with Crippen molar-refractivity contribution >= 4 is 17.6 Å². The number of anilines is 1. The summed E-state index contributed by atoms with van der Waals surface area (Å²) in [6, 6.07) is 8.23. The van der Waals surface area contributed by atoms with Crippen molar-refractivity contribution in [2.45, 2.75) is 13.3 Å². The summed E-state index contributed by atoms with van der Waals surface area (Å²) < 4.78 is 4.85. The molecule has 0 radical (unpaired) electrons. The first-order chi connectivity index (χ1) is 8.19. The molecule has 0 unspecified atom stereocenters. The van der Waals surface area contributed by atoms with Gasteiger partial charge >= 0.3 is 5.97 Å². The maximum Gasteiger partial charge on any atom is 0.340 e. The topological polar surface area (TPSA) is 79.2 Å². The Bertz CT molecular complexity index is 463. The molecule has 0 spiro atoms. The number of carbonyl (C=O) groups is 2. The fraction of sp³-hybridized carbons (Fsp3) is 0.250. The zero-order valence-corrected chi connectivity index (χ0v) is 9.40. The van der Waals surface area contributed by atoms with Crippen LogP contribution in [0.5, 0.6) is 0 Å². The molecule has 1 rings (SSSR count). The summed E-state index contributed by atoms with van der Waals surface area (Å²) in [5.74, 6) is -0.954. The van der Waals surface area contributed by atoms with Crippen LogP contribution in [0.4, 0.5) is 5.69 Å². The normalized spacial score (nSPS) is 9.18. The number of esters is 1. The van der Waals surface area contributed by atoms with E-state index < -0.39 is 11.9 Å². The van der Waals surface area contributed by atoms with Gasteiger partial charge < -0.3 is 10.1 Å². The molecule has 0 aliphatic carbocycles. The van der Waals surface area contributed by atoms with Gasteiger partial charge in [-0.1, -0.05) is 12.1 Å². The Morgan fingerprint density at radius 1 is 1.41 bits per heavy atom. The number of nitrogens with one attached hydrogen (secondary N) is 1. The van der Waals surface area contributed by atoms with Gasteiger partial charge in [0.15, 0.2) is 0 Å². The second-order valence-electron chi connectivity index (χ2n) is 3.15. The van der Waals surface area contributed by atoms with E-state index in [4.69, 9.17) is 10.00 Å². The number of amides is 1. The first-order valence-corrected chi connectivity index (χ1v) is 5.12. The highest BCUT2D eigenvalue weighted by Gasteiger charge is 2.13. The minimum absolute atomic E-state index is 0.253. The number of nitrogens with zero attached hydrogens (tertiary/aromatic N) is 1. The molecule has 0 aliphatic rings. The van der Waals surface area contributed by atoms with Crippen LogP contribution in [0.2, 0.25) is 0 Å².